The fraction of sp³-hybridized carbons (Fsp3) is 0.0455. The largest absolute Gasteiger partial charge is 0.260 e. The molecule has 3 heteroatoms. The summed E-state index contributed by atoms with van der Waals surface area (Å²) < 4.78 is 15.3. The van der Waals surface area contributed by atoms with Crippen molar-refractivity contribution < 1.29 is 4.39 Å². The average Bonchev–Trinajstić information content (AvgIpc) is 3.08. The van der Waals surface area contributed by atoms with Gasteiger partial charge in [0, 0.05) is 11.1 Å². The monoisotopic (exact) mass is 328 g/mol. The van der Waals surface area contributed by atoms with Gasteiger partial charge in [0.25, 0.3) is 0 Å². The highest BCUT2D eigenvalue weighted by atomic mass is 19.1. The van der Waals surface area contributed by atoms with Gasteiger partial charge in [0.2, 0.25) is 0 Å². The Bertz CT molecular complexity index is 958. The maximum atomic E-state index is 13.3. The molecule has 4 rings (SSSR count). The molecule has 0 radical (unpaired) electrons. The van der Waals surface area contributed by atoms with Gasteiger partial charge in [-0.2, -0.15) is 5.10 Å². The van der Waals surface area contributed by atoms with Gasteiger partial charge in [-0.15, -0.1) is 0 Å². The molecule has 0 saturated carbocycles. The molecule has 1 heterocycles. The lowest BCUT2D eigenvalue weighted by Crippen LogP contribution is -2.03. The first-order chi connectivity index (χ1) is 12.3. The maximum Gasteiger partial charge on any atom is 0.123 e. The van der Waals surface area contributed by atoms with Gasteiger partial charge in [-0.05, 0) is 35.9 Å². The lowest BCUT2D eigenvalue weighted by molar-refractivity contribution is 0.627. The van der Waals surface area contributed by atoms with Gasteiger partial charge in [-0.25, -0.2) is 4.39 Å². The third-order valence-corrected chi connectivity index (χ3v) is 4.16. The van der Waals surface area contributed by atoms with Crippen LogP contribution in [-0.2, 0) is 6.54 Å². The van der Waals surface area contributed by atoms with Crippen LogP contribution < -0.4 is 0 Å². The Morgan fingerprint density at radius 1 is 0.720 bits per heavy atom. The highest BCUT2D eigenvalue weighted by Gasteiger charge is 2.12. The quantitative estimate of drug-likeness (QED) is 0.490. The summed E-state index contributed by atoms with van der Waals surface area (Å²) in [7, 11) is 0. The molecular formula is C22H17FN2. The standard InChI is InChI=1S/C22H17FN2/c23-20-13-11-19(12-14-20)22-15-21(18-9-5-2-6-10-18)24-25(22)16-17-7-3-1-4-8-17/h1-15H,16H2. The van der Waals surface area contributed by atoms with E-state index in [-0.39, 0.29) is 5.82 Å². The fourth-order valence-electron chi connectivity index (χ4n) is 2.90. The summed E-state index contributed by atoms with van der Waals surface area (Å²) >= 11 is 0. The summed E-state index contributed by atoms with van der Waals surface area (Å²) in [6, 6.07) is 28.9. The van der Waals surface area contributed by atoms with Gasteiger partial charge in [0.05, 0.1) is 17.9 Å². The van der Waals surface area contributed by atoms with Gasteiger partial charge >= 0.3 is 0 Å². The molecule has 0 spiro atoms. The van der Waals surface area contributed by atoms with E-state index in [1.165, 1.54) is 17.7 Å². The van der Waals surface area contributed by atoms with Crippen molar-refractivity contribution in [3.63, 3.8) is 0 Å². The Labute approximate surface area is 146 Å². The highest BCUT2D eigenvalue weighted by molar-refractivity contribution is 5.68. The summed E-state index contributed by atoms with van der Waals surface area (Å²) in [4.78, 5) is 0. The van der Waals surface area contributed by atoms with Gasteiger partial charge in [-0.3, -0.25) is 4.68 Å². The zero-order valence-electron chi connectivity index (χ0n) is 13.6. The van der Waals surface area contributed by atoms with Crippen molar-refractivity contribution in [2.75, 3.05) is 0 Å². The van der Waals surface area contributed by atoms with Crippen LogP contribution >= 0.6 is 0 Å². The van der Waals surface area contributed by atoms with Crippen molar-refractivity contribution >= 4 is 0 Å². The second-order valence-corrected chi connectivity index (χ2v) is 5.93. The molecule has 0 unspecified atom stereocenters. The fourth-order valence-corrected chi connectivity index (χ4v) is 2.90. The topological polar surface area (TPSA) is 17.8 Å². The third-order valence-electron chi connectivity index (χ3n) is 4.16. The molecule has 0 N–H and O–H groups in total. The first-order valence-corrected chi connectivity index (χ1v) is 8.23. The number of rotatable bonds is 4. The lowest BCUT2D eigenvalue weighted by Gasteiger charge is -2.08. The second-order valence-electron chi connectivity index (χ2n) is 5.93. The molecule has 4 aromatic rings. The summed E-state index contributed by atoms with van der Waals surface area (Å²) in [5.41, 5.74) is 5.08. The van der Waals surface area contributed by atoms with Gasteiger partial charge in [0.15, 0.2) is 0 Å². The van der Waals surface area contributed by atoms with E-state index in [1.807, 2.05) is 53.2 Å². The molecular weight excluding hydrogens is 311 g/mol. The van der Waals surface area contributed by atoms with Crippen LogP contribution in [0.5, 0.6) is 0 Å². The van der Waals surface area contributed by atoms with Crippen molar-refractivity contribution in [1.82, 2.24) is 9.78 Å². The van der Waals surface area contributed by atoms with E-state index in [0.29, 0.717) is 6.54 Å². The number of halogens is 1. The van der Waals surface area contributed by atoms with Crippen LogP contribution in [0, 0.1) is 5.82 Å². The Kier molecular flexibility index (Phi) is 4.13. The first kappa shape index (κ1) is 15.3. The molecule has 1 aromatic heterocycles. The number of aromatic nitrogens is 2. The Hall–Kier alpha value is -3.20. The number of hydrogen-bond donors (Lipinski definition) is 0. The summed E-state index contributed by atoms with van der Waals surface area (Å²) in [5, 5.41) is 4.80. The normalized spacial score (nSPS) is 10.8. The van der Waals surface area contributed by atoms with E-state index in [0.717, 1.165) is 22.5 Å². The first-order valence-electron chi connectivity index (χ1n) is 8.23. The zero-order valence-corrected chi connectivity index (χ0v) is 13.6. The van der Waals surface area contributed by atoms with Crippen LogP contribution in [0.4, 0.5) is 4.39 Å². The Morgan fingerprint density at radius 2 is 1.36 bits per heavy atom. The molecule has 0 amide bonds. The number of hydrogen-bond acceptors (Lipinski definition) is 1. The van der Waals surface area contributed by atoms with Gasteiger partial charge < -0.3 is 0 Å². The molecule has 0 aliphatic heterocycles. The molecule has 0 fully saturated rings. The average molecular weight is 328 g/mol. The predicted molar refractivity (Wildman–Crippen MR) is 98.6 cm³/mol. The van der Waals surface area contributed by atoms with Crippen LogP contribution in [-0.4, -0.2) is 9.78 Å². The molecule has 0 atom stereocenters. The second kappa shape index (κ2) is 6.73. The van der Waals surface area contributed by atoms with E-state index < -0.39 is 0 Å². The zero-order chi connectivity index (χ0) is 17.1. The molecule has 25 heavy (non-hydrogen) atoms. The third kappa shape index (κ3) is 3.36. The predicted octanol–water partition coefficient (Wildman–Crippen LogP) is 5.40. The molecule has 2 nitrogen and oxygen atoms in total. The van der Waals surface area contributed by atoms with Gasteiger partial charge in [-0.1, -0.05) is 60.7 Å². The summed E-state index contributed by atoms with van der Waals surface area (Å²) in [5.74, 6) is -0.235. The van der Waals surface area contributed by atoms with Crippen LogP contribution in [0.25, 0.3) is 22.5 Å². The van der Waals surface area contributed by atoms with Crippen molar-refractivity contribution in [2.24, 2.45) is 0 Å². The lowest BCUT2D eigenvalue weighted by atomic mass is 10.1. The Balaban J connectivity index is 1.80. The van der Waals surface area contributed by atoms with E-state index in [4.69, 9.17) is 5.10 Å². The van der Waals surface area contributed by atoms with E-state index >= 15 is 0 Å². The summed E-state index contributed by atoms with van der Waals surface area (Å²) in [6.07, 6.45) is 0. The van der Waals surface area contributed by atoms with E-state index in [1.54, 1.807) is 12.1 Å². The minimum atomic E-state index is -0.235. The van der Waals surface area contributed by atoms with Crippen molar-refractivity contribution in [1.29, 1.82) is 0 Å². The van der Waals surface area contributed by atoms with Gasteiger partial charge in [0.1, 0.15) is 5.82 Å². The molecule has 0 aliphatic rings. The molecule has 122 valence electrons. The van der Waals surface area contributed by atoms with Crippen LogP contribution in [0.15, 0.2) is 91.0 Å². The molecule has 0 aliphatic carbocycles. The van der Waals surface area contributed by atoms with Crippen LogP contribution in [0.2, 0.25) is 0 Å². The van der Waals surface area contributed by atoms with Crippen molar-refractivity contribution in [3.05, 3.63) is 102 Å². The highest BCUT2D eigenvalue weighted by Crippen LogP contribution is 2.27. The van der Waals surface area contributed by atoms with E-state index in [2.05, 4.69) is 18.2 Å². The molecule has 0 saturated heterocycles. The SMILES string of the molecule is Fc1ccc(-c2cc(-c3ccccc3)nn2Cc2ccccc2)cc1. The Morgan fingerprint density at radius 3 is 2.04 bits per heavy atom. The van der Waals surface area contributed by atoms with Crippen molar-refractivity contribution in [2.45, 2.75) is 6.54 Å². The van der Waals surface area contributed by atoms with Crippen LogP contribution in [0.1, 0.15) is 5.56 Å². The minimum Gasteiger partial charge on any atom is -0.260 e. The minimum absolute atomic E-state index is 0.235. The maximum absolute atomic E-state index is 13.3. The smallest absolute Gasteiger partial charge is 0.123 e. The number of benzene rings is 3. The van der Waals surface area contributed by atoms with Crippen molar-refractivity contribution in [3.8, 4) is 22.5 Å². The molecule has 0 bridgehead atoms. The summed E-state index contributed by atoms with van der Waals surface area (Å²) in [6.45, 7) is 0.667. The molecule has 3 aromatic carbocycles. The van der Waals surface area contributed by atoms with E-state index in [9.17, 15) is 4.39 Å². The number of nitrogens with zero attached hydrogens (tertiary/aromatic N) is 2. The van der Waals surface area contributed by atoms with Crippen LogP contribution in [0.3, 0.4) is 0 Å².